The normalized spacial score (nSPS) is 23.7. The number of nitrogens with zero attached hydrogens (tertiary/aromatic N) is 1. The first-order chi connectivity index (χ1) is 10.1. The number of nitrogens with one attached hydrogen (secondary N) is 1. The molecular formula is C19H32N2. The predicted octanol–water partition coefficient (Wildman–Crippen LogP) is 3.85. The lowest BCUT2D eigenvalue weighted by Gasteiger charge is -2.40. The van der Waals surface area contributed by atoms with E-state index in [0.717, 1.165) is 25.4 Å². The molecule has 1 saturated heterocycles. The van der Waals surface area contributed by atoms with Crippen LogP contribution < -0.4 is 5.32 Å². The fourth-order valence-electron chi connectivity index (χ4n) is 3.37. The summed E-state index contributed by atoms with van der Waals surface area (Å²) in [6.45, 7) is 12.6. The average Bonchev–Trinajstić information content (AvgIpc) is 2.48. The van der Waals surface area contributed by atoms with Crippen LogP contribution in [0.2, 0.25) is 0 Å². The van der Waals surface area contributed by atoms with E-state index in [9.17, 15) is 0 Å². The van der Waals surface area contributed by atoms with Gasteiger partial charge in [0, 0.05) is 31.7 Å². The molecule has 1 aromatic rings. The lowest BCUT2D eigenvalue weighted by atomic mass is 9.98. The molecule has 2 atom stereocenters. The van der Waals surface area contributed by atoms with Crippen molar-refractivity contribution in [2.45, 2.75) is 65.6 Å². The molecule has 0 bridgehead atoms. The standard InChI is InChI=1S/C19H32N2/c1-5-16-7-9-17(10-8-16)13-21-14-18(11-15(3)4)20-12-19(21)6-2/h7-10,15,18-20H,5-6,11-14H2,1-4H3. The molecule has 0 radical (unpaired) electrons. The Labute approximate surface area is 130 Å². The van der Waals surface area contributed by atoms with Crippen molar-refractivity contribution < 1.29 is 0 Å². The Morgan fingerprint density at radius 3 is 2.38 bits per heavy atom. The topological polar surface area (TPSA) is 15.3 Å². The summed E-state index contributed by atoms with van der Waals surface area (Å²) >= 11 is 0. The summed E-state index contributed by atoms with van der Waals surface area (Å²) in [6.07, 6.45) is 3.64. The zero-order valence-electron chi connectivity index (χ0n) is 14.2. The number of piperazine rings is 1. The highest BCUT2D eigenvalue weighted by atomic mass is 15.2. The summed E-state index contributed by atoms with van der Waals surface area (Å²) in [4.78, 5) is 2.69. The molecule has 21 heavy (non-hydrogen) atoms. The Bertz CT molecular complexity index is 410. The molecule has 1 heterocycles. The maximum absolute atomic E-state index is 3.74. The monoisotopic (exact) mass is 288 g/mol. The van der Waals surface area contributed by atoms with E-state index in [1.54, 1.807) is 0 Å². The van der Waals surface area contributed by atoms with Gasteiger partial charge in [0.1, 0.15) is 0 Å². The molecule has 0 spiro atoms. The molecular weight excluding hydrogens is 256 g/mol. The van der Waals surface area contributed by atoms with E-state index in [4.69, 9.17) is 0 Å². The van der Waals surface area contributed by atoms with Crippen molar-refractivity contribution in [1.29, 1.82) is 0 Å². The van der Waals surface area contributed by atoms with Crippen LogP contribution in [0.1, 0.15) is 51.7 Å². The minimum absolute atomic E-state index is 0.655. The second-order valence-corrected chi connectivity index (χ2v) is 6.90. The van der Waals surface area contributed by atoms with Crippen LogP contribution in [0, 0.1) is 5.92 Å². The van der Waals surface area contributed by atoms with Crippen LogP contribution in [-0.2, 0) is 13.0 Å². The van der Waals surface area contributed by atoms with Gasteiger partial charge in [0.15, 0.2) is 0 Å². The number of rotatable bonds is 6. The van der Waals surface area contributed by atoms with Gasteiger partial charge >= 0.3 is 0 Å². The SMILES string of the molecule is CCc1ccc(CN2CC(CC(C)C)NCC2CC)cc1. The quantitative estimate of drug-likeness (QED) is 0.855. The van der Waals surface area contributed by atoms with Gasteiger partial charge < -0.3 is 5.32 Å². The molecule has 1 aliphatic heterocycles. The smallest absolute Gasteiger partial charge is 0.0237 e. The summed E-state index contributed by atoms with van der Waals surface area (Å²) in [5, 5.41) is 3.74. The van der Waals surface area contributed by atoms with Crippen molar-refractivity contribution >= 4 is 0 Å². The molecule has 0 aromatic heterocycles. The minimum atomic E-state index is 0.655. The van der Waals surface area contributed by atoms with Crippen molar-refractivity contribution in [3.63, 3.8) is 0 Å². The molecule has 0 saturated carbocycles. The van der Waals surface area contributed by atoms with Crippen LogP contribution in [0.4, 0.5) is 0 Å². The van der Waals surface area contributed by atoms with Crippen LogP contribution in [0.5, 0.6) is 0 Å². The van der Waals surface area contributed by atoms with Crippen LogP contribution >= 0.6 is 0 Å². The van der Waals surface area contributed by atoms with Gasteiger partial charge in [-0.1, -0.05) is 52.0 Å². The third-order valence-corrected chi connectivity index (χ3v) is 4.66. The Morgan fingerprint density at radius 1 is 1.14 bits per heavy atom. The van der Waals surface area contributed by atoms with Crippen LogP contribution in [0.15, 0.2) is 24.3 Å². The van der Waals surface area contributed by atoms with E-state index in [-0.39, 0.29) is 0 Å². The molecule has 0 amide bonds. The largest absolute Gasteiger partial charge is 0.311 e. The van der Waals surface area contributed by atoms with Gasteiger partial charge in [0.05, 0.1) is 0 Å². The van der Waals surface area contributed by atoms with Crippen molar-refractivity contribution in [1.82, 2.24) is 10.2 Å². The highest BCUT2D eigenvalue weighted by molar-refractivity contribution is 5.22. The maximum Gasteiger partial charge on any atom is 0.0237 e. The van der Waals surface area contributed by atoms with Gasteiger partial charge in [-0.2, -0.15) is 0 Å². The fraction of sp³-hybridized carbons (Fsp3) is 0.684. The molecule has 2 nitrogen and oxygen atoms in total. The van der Waals surface area contributed by atoms with Crippen LogP contribution in [0.25, 0.3) is 0 Å². The molecule has 1 aromatic carbocycles. The number of benzene rings is 1. The van der Waals surface area contributed by atoms with Crippen molar-refractivity contribution in [3.8, 4) is 0 Å². The first-order valence-electron chi connectivity index (χ1n) is 8.67. The molecule has 0 aliphatic carbocycles. The molecule has 118 valence electrons. The highest BCUT2D eigenvalue weighted by Gasteiger charge is 2.26. The predicted molar refractivity (Wildman–Crippen MR) is 91.6 cm³/mol. The molecule has 2 heteroatoms. The van der Waals surface area contributed by atoms with Crippen molar-refractivity contribution in [2.24, 2.45) is 5.92 Å². The molecule has 1 fully saturated rings. The second kappa shape index (κ2) is 7.95. The third kappa shape index (κ3) is 4.82. The van der Waals surface area contributed by atoms with E-state index >= 15 is 0 Å². The molecule has 2 rings (SSSR count). The van der Waals surface area contributed by atoms with E-state index in [1.807, 2.05) is 0 Å². The van der Waals surface area contributed by atoms with Gasteiger partial charge in [0.25, 0.3) is 0 Å². The Morgan fingerprint density at radius 2 is 1.81 bits per heavy atom. The van der Waals surface area contributed by atoms with E-state index < -0.39 is 0 Å². The van der Waals surface area contributed by atoms with E-state index in [0.29, 0.717) is 12.1 Å². The molecule has 2 unspecified atom stereocenters. The number of hydrogen-bond acceptors (Lipinski definition) is 2. The lowest BCUT2D eigenvalue weighted by molar-refractivity contribution is 0.111. The average molecular weight is 288 g/mol. The van der Waals surface area contributed by atoms with Crippen LogP contribution in [-0.4, -0.2) is 30.1 Å². The summed E-state index contributed by atoms with van der Waals surface area (Å²) in [6, 6.07) is 10.5. The van der Waals surface area contributed by atoms with Gasteiger partial charge in [0.2, 0.25) is 0 Å². The minimum Gasteiger partial charge on any atom is -0.311 e. The van der Waals surface area contributed by atoms with Crippen molar-refractivity contribution in [2.75, 3.05) is 13.1 Å². The lowest BCUT2D eigenvalue weighted by Crippen LogP contribution is -2.56. The fourth-order valence-corrected chi connectivity index (χ4v) is 3.37. The number of hydrogen-bond donors (Lipinski definition) is 1. The summed E-state index contributed by atoms with van der Waals surface area (Å²) in [5.41, 5.74) is 2.89. The zero-order chi connectivity index (χ0) is 15.2. The van der Waals surface area contributed by atoms with Gasteiger partial charge in [-0.15, -0.1) is 0 Å². The molecule has 1 aliphatic rings. The Balaban J connectivity index is 1.99. The van der Waals surface area contributed by atoms with Crippen molar-refractivity contribution in [3.05, 3.63) is 35.4 Å². The Hall–Kier alpha value is -0.860. The highest BCUT2D eigenvalue weighted by Crippen LogP contribution is 2.18. The third-order valence-electron chi connectivity index (χ3n) is 4.66. The van der Waals surface area contributed by atoms with E-state index in [2.05, 4.69) is 62.2 Å². The summed E-state index contributed by atoms with van der Waals surface area (Å²) < 4.78 is 0. The summed E-state index contributed by atoms with van der Waals surface area (Å²) in [5.74, 6) is 0.770. The molecule has 1 N–H and O–H groups in total. The zero-order valence-corrected chi connectivity index (χ0v) is 14.2. The summed E-state index contributed by atoms with van der Waals surface area (Å²) in [7, 11) is 0. The van der Waals surface area contributed by atoms with Gasteiger partial charge in [-0.25, -0.2) is 0 Å². The van der Waals surface area contributed by atoms with Crippen LogP contribution in [0.3, 0.4) is 0 Å². The second-order valence-electron chi connectivity index (χ2n) is 6.90. The Kier molecular flexibility index (Phi) is 6.25. The first-order valence-corrected chi connectivity index (χ1v) is 8.67. The first kappa shape index (κ1) is 16.5. The van der Waals surface area contributed by atoms with Gasteiger partial charge in [-0.05, 0) is 36.3 Å². The van der Waals surface area contributed by atoms with E-state index in [1.165, 1.54) is 30.5 Å². The van der Waals surface area contributed by atoms with Gasteiger partial charge in [-0.3, -0.25) is 4.90 Å². The number of aryl methyl sites for hydroxylation is 1. The maximum atomic E-state index is 3.74.